The van der Waals surface area contributed by atoms with Crippen LogP contribution in [0.5, 0.6) is 0 Å². The Bertz CT molecular complexity index is 662. The Kier molecular flexibility index (Phi) is 7.05. The number of nitrogens with one attached hydrogen (secondary N) is 1. The molecule has 0 aromatic heterocycles. The summed E-state index contributed by atoms with van der Waals surface area (Å²) < 4.78 is 61.7. The molecule has 6 nitrogen and oxygen atoms in total. The number of hydrogen-bond acceptors (Lipinski definition) is 5. The number of hydrogen-bond donors (Lipinski definition) is 2. The van der Waals surface area contributed by atoms with Crippen LogP contribution in [0.25, 0.3) is 0 Å². The van der Waals surface area contributed by atoms with Crippen molar-refractivity contribution in [1.82, 2.24) is 4.72 Å². The summed E-state index contributed by atoms with van der Waals surface area (Å²) in [6.07, 6.45) is 1.29. The number of rotatable bonds is 6. The molecule has 0 fully saturated rings. The fraction of sp³-hybridized carbons (Fsp3) is 0.400. The first-order valence-corrected chi connectivity index (χ1v) is 8.75. The van der Waals surface area contributed by atoms with Crippen molar-refractivity contribution in [3.63, 3.8) is 0 Å². The van der Waals surface area contributed by atoms with Crippen molar-refractivity contribution in [1.29, 1.82) is 0 Å². The lowest BCUT2D eigenvalue weighted by Crippen LogP contribution is -2.26. The van der Waals surface area contributed by atoms with Gasteiger partial charge in [-0.25, -0.2) is 25.9 Å². The smallest absolute Gasteiger partial charge is 0.240 e. The Labute approximate surface area is 123 Å². The summed E-state index contributed by atoms with van der Waals surface area (Å²) in [5, 5.41) is 0. The molecular formula is C10H16ClFN2O4S2. The Balaban J connectivity index is 0.00000361. The number of sulfone groups is 1. The third kappa shape index (κ3) is 4.98. The maximum absolute atomic E-state index is 13.6. The van der Waals surface area contributed by atoms with Gasteiger partial charge in [-0.15, -0.1) is 12.4 Å². The maximum Gasteiger partial charge on any atom is 0.240 e. The molecule has 20 heavy (non-hydrogen) atoms. The van der Waals surface area contributed by atoms with Crippen LogP contribution in [0.4, 0.5) is 4.39 Å². The number of halogens is 2. The van der Waals surface area contributed by atoms with Crippen LogP contribution in [0.1, 0.15) is 6.42 Å². The van der Waals surface area contributed by atoms with Crippen LogP contribution in [0.2, 0.25) is 0 Å². The van der Waals surface area contributed by atoms with Gasteiger partial charge in [0.2, 0.25) is 10.0 Å². The second kappa shape index (κ2) is 7.32. The number of sulfonamides is 1. The Morgan fingerprint density at radius 1 is 1.25 bits per heavy atom. The molecule has 1 aromatic rings. The molecule has 0 saturated heterocycles. The lowest BCUT2D eigenvalue weighted by molar-refractivity contribution is 0.560. The van der Waals surface area contributed by atoms with E-state index in [4.69, 9.17) is 5.73 Å². The molecule has 0 radical (unpaired) electrons. The maximum atomic E-state index is 13.6. The summed E-state index contributed by atoms with van der Waals surface area (Å²) in [7, 11) is -7.58. The average molecular weight is 347 g/mol. The minimum absolute atomic E-state index is 0. The van der Waals surface area contributed by atoms with Gasteiger partial charge in [0, 0.05) is 12.8 Å². The van der Waals surface area contributed by atoms with Crippen LogP contribution in [0.15, 0.2) is 28.0 Å². The quantitative estimate of drug-likeness (QED) is 0.719. The fourth-order valence-electron chi connectivity index (χ4n) is 1.34. The highest BCUT2D eigenvalue weighted by molar-refractivity contribution is 7.90. The Morgan fingerprint density at radius 3 is 2.30 bits per heavy atom. The standard InChI is InChI=1S/C10H15FN2O4S2.ClH/c1-18(14,15)10-4-3-8(7-9(10)11)19(16,17)13-6-2-5-12;/h3-4,7,13H,2,5-6,12H2,1H3;1H. The zero-order valence-corrected chi connectivity index (χ0v) is 13.1. The molecular weight excluding hydrogens is 331 g/mol. The summed E-state index contributed by atoms with van der Waals surface area (Å²) in [6, 6.07) is 2.66. The van der Waals surface area contributed by atoms with Crippen molar-refractivity contribution in [2.24, 2.45) is 5.73 Å². The van der Waals surface area contributed by atoms with Crippen LogP contribution in [-0.4, -0.2) is 36.2 Å². The van der Waals surface area contributed by atoms with E-state index in [1.54, 1.807) is 0 Å². The second-order valence-electron chi connectivity index (χ2n) is 3.90. The lowest BCUT2D eigenvalue weighted by Gasteiger charge is -2.07. The van der Waals surface area contributed by atoms with Gasteiger partial charge < -0.3 is 5.73 Å². The molecule has 0 heterocycles. The second-order valence-corrected chi connectivity index (χ2v) is 7.66. The first kappa shape index (κ1) is 19.3. The molecule has 3 N–H and O–H groups in total. The van der Waals surface area contributed by atoms with Gasteiger partial charge >= 0.3 is 0 Å². The van der Waals surface area contributed by atoms with E-state index in [0.29, 0.717) is 19.0 Å². The molecule has 116 valence electrons. The van der Waals surface area contributed by atoms with Crippen molar-refractivity contribution in [2.75, 3.05) is 19.3 Å². The topological polar surface area (TPSA) is 106 Å². The predicted molar refractivity (Wildman–Crippen MR) is 75.6 cm³/mol. The van der Waals surface area contributed by atoms with Crippen molar-refractivity contribution in [3.05, 3.63) is 24.0 Å². The summed E-state index contributed by atoms with van der Waals surface area (Å²) in [5.41, 5.74) is 5.23. The van der Waals surface area contributed by atoms with Gasteiger partial charge in [0.1, 0.15) is 10.7 Å². The molecule has 1 aromatic carbocycles. The van der Waals surface area contributed by atoms with E-state index >= 15 is 0 Å². The van der Waals surface area contributed by atoms with Crippen LogP contribution in [0.3, 0.4) is 0 Å². The highest BCUT2D eigenvalue weighted by Crippen LogP contribution is 2.18. The van der Waals surface area contributed by atoms with Crippen LogP contribution >= 0.6 is 12.4 Å². The molecule has 10 heteroatoms. The fourth-order valence-corrected chi connectivity index (χ4v) is 3.16. The van der Waals surface area contributed by atoms with E-state index in [9.17, 15) is 21.2 Å². The van der Waals surface area contributed by atoms with Crippen molar-refractivity contribution in [2.45, 2.75) is 16.2 Å². The number of benzene rings is 1. The zero-order valence-electron chi connectivity index (χ0n) is 10.7. The van der Waals surface area contributed by atoms with Gasteiger partial charge in [-0.1, -0.05) is 0 Å². The SMILES string of the molecule is CS(=O)(=O)c1ccc(S(=O)(=O)NCCCN)cc1F.Cl. The van der Waals surface area contributed by atoms with E-state index in [-0.39, 0.29) is 23.8 Å². The third-order valence-electron chi connectivity index (χ3n) is 2.29. The van der Waals surface area contributed by atoms with Crippen molar-refractivity contribution in [3.8, 4) is 0 Å². The molecule has 0 amide bonds. The van der Waals surface area contributed by atoms with Crippen molar-refractivity contribution >= 4 is 32.3 Å². The molecule has 0 spiro atoms. The molecule has 0 saturated carbocycles. The van der Waals surface area contributed by atoms with Crippen molar-refractivity contribution < 1.29 is 21.2 Å². The molecule has 0 atom stereocenters. The third-order valence-corrected chi connectivity index (χ3v) is 4.87. The van der Waals surface area contributed by atoms with E-state index in [1.165, 1.54) is 0 Å². The van der Waals surface area contributed by atoms with Crippen LogP contribution in [-0.2, 0) is 19.9 Å². The predicted octanol–water partition coefficient (Wildman–Crippen LogP) is 0.278. The molecule has 0 aliphatic rings. The number of nitrogens with two attached hydrogens (primary N) is 1. The molecule has 0 unspecified atom stereocenters. The summed E-state index contributed by atoms with van der Waals surface area (Å²) in [6.45, 7) is 0.457. The van der Waals surface area contributed by atoms with Gasteiger partial charge in [0.05, 0.1) is 4.90 Å². The van der Waals surface area contributed by atoms with Gasteiger partial charge in [0.15, 0.2) is 9.84 Å². The van der Waals surface area contributed by atoms with E-state index in [0.717, 1.165) is 18.4 Å². The molecule has 0 aliphatic carbocycles. The monoisotopic (exact) mass is 346 g/mol. The zero-order chi connectivity index (χ0) is 14.7. The Morgan fingerprint density at radius 2 is 1.85 bits per heavy atom. The first-order valence-electron chi connectivity index (χ1n) is 5.38. The molecule has 1 rings (SSSR count). The van der Waals surface area contributed by atoms with E-state index in [1.807, 2.05) is 0 Å². The average Bonchev–Trinajstić information content (AvgIpc) is 2.27. The lowest BCUT2D eigenvalue weighted by atomic mass is 10.3. The minimum Gasteiger partial charge on any atom is -0.330 e. The van der Waals surface area contributed by atoms with E-state index in [2.05, 4.69) is 4.72 Å². The normalized spacial score (nSPS) is 11.9. The van der Waals surface area contributed by atoms with Gasteiger partial charge in [0.25, 0.3) is 0 Å². The summed E-state index contributed by atoms with van der Waals surface area (Å²) in [5.74, 6) is -1.09. The Hall–Kier alpha value is -0.740. The van der Waals surface area contributed by atoms with Crippen LogP contribution < -0.4 is 10.5 Å². The molecule has 0 bridgehead atoms. The summed E-state index contributed by atoms with van der Waals surface area (Å²) >= 11 is 0. The largest absolute Gasteiger partial charge is 0.330 e. The van der Waals surface area contributed by atoms with Gasteiger partial charge in [-0.05, 0) is 31.2 Å². The highest BCUT2D eigenvalue weighted by atomic mass is 35.5. The van der Waals surface area contributed by atoms with Gasteiger partial charge in [-0.2, -0.15) is 0 Å². The first-order chi connectivity index (χ1) is 8.68. The summed E-state index contributed by atoms with van der Waals surface area (Å²) in [4.78, 5) is -0.858. The molecule has 0 aliphatic heterocycles. The van der Waals surface area contributed by atoms with Crippen LogP contribution in [0, 0.1) is 5.82 Å². The van der Waals surface area contributed by atoms with E-state index < -0.39 is 30.6 Å². The van der Waals surface area contributed by atoms with Gasteiger partial charge in [-0.3, -0.25) is 0 Å². The highest BCUT2D eigenvalue weighted by Gasteiger charge is 2.19. The minimum atomic E-state index is -3.86.